The first-order valence-corrected chi connectivity index (χ1v) is 4.83. The molecule has 0 bridgehead atoms. The fourth-order valence-corrected chi connectivity index (χ4v) is 1.46. The maximum Gasteiger partial charge on any atom is 0.141 e. The predicted molar refractivity (Wildman–Crippen MR) is 60.1 cm³/mol. The first-order valence-electron chi connectivity index (χ1n) is 4.83. The van der Waals surface area contributed by atoms with Gasteiger partial charge in [-0.25, -0.2) is 4.98 Å². The number of nitrogen functional groups attached to an aromatic ring is 1. The average molecular weight is 202 g/mol. The van der Waals surface area contributed by atoms with Crippen LogP contribution in [0.3, 0.4) is 0 Å². The maximum absolute atomic E-state index is 5.53. The molecule has 4 nitrogen and oxygen atoms in total. The molecule has 0 aliphatic carbocycles. The summed E-state index contributed by atoms with van der Waals surface area (Å²) in [5, 5.41) is 0. The van der Waals surface area contributed by atoms with Crippen molar-refractivity contribution in [2.45, 2.75) is 13.1 Å². The van der Waals surface area contributed by atoms with Crippen LogP contribution in [-0.4, -0.2) is 9.55 Å². The Morgan fingerprint density at radius 2 is 1.80 bits per heavy atom. The molecule has 0 saturated heterocycles. The van der Waals surface area contributed by atoms with Crippen LogP contribution in [0.1, 0.15) is 11.1 Å². The molecule has 0 amide bonds. The highest BCUT2D eigenvalue weighted by Crippen LogP contribution is 2.07. The Labute approximate surface area is 88.5 Å². The van der Waals surface area contributed by atoms with Gasteiger partial charge in [0, 0.05) is 19.3 Å². The molecule has 4 heteroatoms. The molecule has 0 aliphatic rings. The SMILES string of the molecule is NCc1ccc(Cn2cnc(N)c2)cc1. The van der Waals surface area contributed by atoms with E-state index in [0.29, 0.717) is 12.4 Å². The summed E-state index contributed by atoms with van der Waals surface area (Å²) in [7, 11) is 0. The third-order valence-corrected chi connectivity index (χ3v) is 2.28. The Morgan fingerprint density at radius 3 is 2.33 bits per heavy atom. The van der Waals surface area contributed by atoms with Gasteiger partial charge in [-0.1, -0.05) is 24.3 Å². The van der Waals surface area contributed by atoms with Crippen LogP contribution < -0.4 is 11.5 Å². The largest absolute Gasteiger partial charge is 0.382 e. The van der Waals surface area contributed by atoms with Crippen LogP contribution in [0.25, 0.3) is 0 Å². The lowest BCUT2D eigenvalue weighted by molar-refractivity contribution is 0.797. The predicted octanol–water partition coefficient (Wildman–Crippen LogP) is 0.972. The normalized spacial score (nSPS) is 10.5. The number of nitrogens with zero attached hydrogens (tertiary/aromatic N) is 2. The number of rotatable bonds is 3. The van der Waals surface area contributed by atoms with Gasteiger partial charge in [0.05, 0.1) is 6.33 Å². The molecular weight excluding hydrogens is 188 g/mol. The molecular formula is C11H14N4. The van der Waals surface area contributed by atoms with E-state index in [-0.39, 0.29) is 0 Å². The summed E-state index contributed by atoms with van der Waals surface area (Å²) in [5.41, 5.74) is 13.4. The van der Waals surface area contributed by atoms with Gasteiger partial charge in [0.2, 0.25) is 0 Å². The molecule has 78 valence electrons. The van der Waals surface area contributed by atoms with Crippen molar-refractivity contribution < 1.29 is 0 Å². The molecule has 1 aromatic heterocycles. The number of hydrogen-bond donors (Lipinski definition) is 2. The number of nitrogens with two attached hydrogens (primary N) is 2. The third kappa shape index (κ3) is 2.35. The summed E-state index contributed by atoms with van der Waals surface area (Å²) in [6.07, 6.45) is 3.54. The molecule has 0 spiro atoms. The summed E-state index contributed by atoms with van der Waals surface area (Å²) in [6, 6.07) is 8.21. The average Bonchev–Trinajstić information content (AvgIpc) is 2.65. The van der Waals surface area contributed by atoms with Crippen LogP contribution in [0.15, 0.2) is 36.8 Å². The molecule has 0 unspecified atom stereocenters. The van der Waals surface area contributed by atoms with Crippen molar-refractivity contribution in [3.63, 3.8) is 0 Å². The Hall–Kier alpha value is -1.81. The second-order valence-corrected chi connectivity index (χ2v) is 3.49. The molecule has 1 heterocycles. The van der Waals surface area contributed by atoms with E-state index < -0.39 is 0 Å². The molecule has 0 fully saturated rings. The number of imidazole rings is 1. The summed E-state index contributed by atoms with van der Waals surface area (Å²) < 4.78 is 1.95. The van der Waals surface area contributed by atoms with Crippen LogP contribution >= 0.6 is 0 Å². The van der Waals surface area contributed by atoms with Gasteiger partial charge in [-0.15, -0.1) is 0 Å². The van der Waals surface area contributed by atoms with Gasteiger partial charge in [-0.2, -0.15) is 0 Å². The van der Waals surface area contributed by atoms with E-state index in [1.807, 2.05) is 22.9 Å². The monoisotopic (exact) mass is 202 g/mol. The summed E-state index contributed by atoms with van der Waals surface area (Å²) >= 11 is 0. The highest BCUT2D eigenvalue weighted by Gasteiger charge is 1.96. The smallest absolute Gasteiger partial charge is 0.141 e. The molecule has 0 radical (unpaired) electrons. The Bertz CT molecular complexity index is 430. The van der Waals surface area contributed by atoms with Crippen LogP contribution in [-0.2, 0) is 13.1 Å². The minimum Gasteiger partial charge on any atom is -0.382 e. The number of aromatic nitrogens is 2. The van der Waals surface area contributed by atoms with E-state index in [1.165, 1.54) is 5.56 Å². The highest BCUT2D eigenvalue weighted by molar-refractivity contribution is 5.25. The van der Waals surface area contributed by atoms with Crippen LogP contribution in [0.5, 0.6) is 0 Å². The van der Waals surface area contributed by atoms with Crippen LogP contribution in [0, 0.1) is 0 Å². The van der Waals surface area contributed by atoms with Gasteiger partial charge in [-0.05, 0) is 11.1 Å². The quantitative estimate of drug-likeness (QED) is 0.779. The van der Waals surface area contributed by atoms with Gasteiger partial charge in [0.1, 0.15) is 5.82 Å². The summed E-state index contributed by atoms with van der Waals surface area (Å²) in [4.78, 5) is 3.97. The van der Waals surface area contributed by atoms with Gasteiger partial charge >= 0.3 is 0 Å². The van der Waals surface area contributed by atoms with Crippen molar-refractivity contribution in [3.8, 4) is 0 Å². The van der Waals surface area contributed by atoms with E-state index in [2.05, 4.69) is 17.1 Å². The standard InChI is InChI=1S/C11H14N4/c12-5-9-1-3-10(4-2-9)6-15-7-11(13)14-8-15/h1-4,7-8H,5-6,12-13H2. The zero-order valence-corrected chi connectivity index (χ0v) is 8.43. The molecule has 4 N–H and O–H groups in total. The first-order chi connectivity index (χ1) is 7.28. The van der Waals surface area contributed by atoms with Crippen molar-refractivity contribution in [1.29, 1.82) is 0 Å². The van der Waals surface area contributed by atoms with Crippen molar-refractivity contribution in [2.75, 3.05) is 5.73 Å². The molecule has 1 aromatic carbocycles. The van der Waals surface area contributed by atoms with E-state index >= 15 is 0 Å². The lowest BCUT2D eigenvalue weighted by Gasteiger charge is -2.03. The van der Waals surface area contributed by atoms with Crippen molar-refractivity contribution in [3.05, 3.63) is 47.9 Å². The minimum absolute atomic E-state index is 0.550. The molecule has 0 saturated carbocycles. The fourth-order valence-electron chi connectivity index (χ4n) is 1.46. The Morgan fingerprint density at radius 1 is 1.13 bits per heavy atom. The zero-order chi connectivity index (χ0) is 10.7. The second-order valence-electron chi connectivity index (χ2n) is 3.49. The second kappa shape index (κ2) is 4.14. The fraction of sp³-hybridized carbons (Fsp3) is 0.182. The number of benzene rings is 1. The van der Waals surface area contributed by atoms with E-state index in [0.717, 1.165) is 12.1 Å². The van der Waals surface area contributed by atoms with Crippen molar-refractivity contribution >= 4 is 5.82 Å². The van der Waals surface area contributed by atoms with Gasteiger partial charge in [0.25, 0.3) is 0 Å². The van der Waals surface area contributed by atoms with E-state index in [4.69, 9.17) is 11.5 Å². The molecule has 0 atom stereocenters. The first kappa shape index (κ1) is 9.73. The molecule has 15 heavy (non-hydrogen) atoms. The van der Waals surface area contributed by atoms with Gasteiger partial charge < -0.3 is 16.0 Å². The maximum atomic E-state index is 5.53. The third-order valence-electron chi connectivity index (χ3n) is 2.28. The zero-order valence-electron chi connectivity index (χ0n) is 8.43. The number of anilines is 1. The molecule has 2 rings (SSSR count). The lowest BCUT2D eigenvalue weighted by Crippen LogP contribution is -1.99. The minimum atomic E-state index is 0.550. The van der Waals surface area contributed by atoms with Crippen molar-refractivity contribution in [2.24, 2.45) is 5.73 Å². The Balaban J connectivity index is 2.11. The highest BCUT2D eigenvalue weighted by atomic mass is 15.1. The molecule has 0 aliphatic heterocycles. The van der Waals surface area contributed by atoms with Gasteiger partial charge in [0.15, 0.2) is 0 Å². The van der Waals surface area contributed by atoms with E-state index in [1.54, 1.807) is 6.33 Å². The Kier molecular flexibility index (Phi) is 2.69. The summed E-state index contributed by atoms with van der Waals surface area (Å²) in [6.45, 7) is 1.37. The lowest BCUT2D eigenvalue weighted by atomic mass is 10.1. The van der Waals surface area contributed by atoms with Gasteiger partial charge in [-0.3, -0.25) is 0 Å². The van der Waals surface area contributed by atoms with Crippen LogP contribution in [0.2, 0.25) is 0 Å². The van der Waals surface area contributed by atoms with Crippen molar-refractivity contribution in [1.82, 2.24) is 9.55 Å². The topological polar surface area (TPSA) is 69.9 Å². The van der Waals surface area contributed by atoms with E-state index in [9.17, 15) is 0 Å². The number of hydrogen-bond acceptors (Lipinski definition) is 3. The molecule has 2 aromatic rings. The van der Waals surface area contributed by atoms with Crippen LogP contribution in [0.4, 0.5) is 5.82 Å². The summed E-state index contributed by atoms with van der Waals surface area (Å²) in [5.74, 6) is 0.550.